The third-order valence-corrected chi connectivity index (χ3v) is 4.61. The Bertz CT molecular complexity index is 389. The minimum absolute atomic E-state index is 0.243. The molecule has 19 heavy (non-hydrogen) atoms. The van der Waals surface area contributed by atoms with Crippen molar-refractivity contribution in [2.45, 2.75) is 50.9 Å². The number of rotatable bonds is 7. The molecule has 1 aromatic heterocycles. The highest BCUT2D eigenvalue weighted by Crippen LogP contribution is 2.35. The molecule has 110 valence electrons. The lowest BCUT2D eigenvalue weighted by atomic mass is 10.3. The summed E-state index contributed by atoms with van der Waals surface area (Å²) >= 11 is 2.77. The first kappa shape index (κ1) is 16.8. The van der Waals surface area contributed by atoms with E-state index in [9.17, 15) is 13.2 Å². The van der Waals surface area contributed by atoms with Gasteiger partial charge in [-0.3, -0.25) is 0 Å². The standard InChI is InChI=1S/C12H19F3N2S2/c1-4-5-16-6-9-11(12(13,14)15)17-10(19-9)7-18-8(2)3/h8,16H,4-7H2,1-3H3. The molecule has 0 aromatic carbocycles. The molecule has 1 heterocycles. The Morgan fingerprint density at radius 1 is 1.37 bits per heavy atom. The molecule has 0 spiro atoms. The fraction of sp³-hybridized carbons (Fsp3) is 0.750. The Labute approximate surface area is 120 Å². The van der Waals surface area contributed by atoms with Gasteiger partial charge in [0.15, 0.2) is 5.69 Å². The van der Waals surface area contributed by atoms with E-state index in [0.29, 0.717) is 27.4 Å². The first-order chi connectivity index (χ1) is 8.84. The van der Waals surface area contributed by atoms with Crippen LogP contribution in [0, 0.1) is 0 Å². The first-order valence-electron chi connectivity index (χ1n) is 6.22. The van der Waals surface area contributed by atoms with Crippen molar-refractivity contribution in [2.75, 3.05) is 6.54 Å². The van der Waals surface area contributed by atoms with E-state index in [1.807, 2.05) is 20.8 Å². The van der Waals surface area contributed by atoms with Crippen LogP contribution in [-0.2, 0) is 18.5 Å². The second-order valence-corrected chi connectivity index (χ2v) is 7.15. The molecule has 0 aliphatic rings. The van der Waals surface area contributed by atoms with Crippen LogP contribution < -0.4 is 5.32 Å². The number of hydrogen-bond donors (Lipinski definition) is 1. The number of nitrogens with zero attached hydrogens (tertiary/aromatic N) is 1. The molecule has 0 saturated heterocycles. The zero-order valence-electron chi connectivity index (χ0n) is 11.3. The smallest absolute Gasteiger partial charge is 0.312 e. The van der Waals surface area contributed by atoms with Crippen LogP contribution >= 0.6 is 23.1 Å². The quantitative estimate of drug-likeness (QED) is 0.760. The molecule has 7 heteroatoms. The fourth-order valence-corrected chi connectivity index (χ4v) is 3.25. The molecule has 2 nitrogen and oxygen atoms in total. The topological polar surface area (TPSA) is 24.9 Å². The van der Waals surface area contributed by atoms with Crippen LogP contribution in [0.4, 0.5) is 13.2 Å². The van der Waals surface area contributed by atoms with Crippen LogP contribution in [0.1, 0.15) is 42.8 Å². The van der Waals surface area contributed by atoms with Gasteiger partial charge in [-0.2, -0.15) is 24.9 Å². The van der Waals surface area contributed by atoms with E-state index in [-0.39, 0.29) is 6.54 Å². The highest BCUT2D eigenvalue weighted by molar-refractivity contribution is 7.99. The maximum atomic E-state index is 12.9. The molecule has 0 aliphatic heterocycles. The summed E-state index contributed by atoms with van der Waals surface area (Å²) in [6.07, 6.45) is -3.46. The highest BCUT2D eigenvalue weighted by atomic mass is 32.2. The van der Waals surface area contributed by atoms with Crippen molar-refractivity contribution in [3.8, 4) is 0 Å². The minimum Gasteiger partial charge on any atom is -0.312 e. The second kappa shape index (κ2) is 7.50. The van der Waals surface area contributed by atoms with Gasteiger partial charge in [0.25, 0.3) is 0 Å². The summed E-state index contributed by atoms with van der Waals surface area (Å²) in [6.45, 7) is 6.98. The van der Waals surface area contributed by atoms with Gasteiger partial charge in [-0.15, -0.1) is 11.3 Å². The number of aromatic nitrogens is 1. The average molecular weight is 312 g/mol. The second-order valence-electron chi connectivity index (χ2n) is 4.41. The van der Waals surface area contributed by atoms with E-state index < -0.39 is 11.9 Å². The molecular weight excluding hydrogens is 293 g/mol. The zero-order chi connectivity index (χ0) is 14.5. The van der Waals surface area contributed by atoms with Crippen molar-refractivity contribution >= 4 is 23.1 Å². The molecule has 0 radical (unpaired) electrons. The highest BCUT2D eigenvalue weighted by Gasteiger charge is 2.37. The van der Waals surface area contributed by atoms with Gasteiger partial charge in [0.2, 0.25) is 0 Å². The summed E-state index contributed by atoms with van der Waals surface area (Å²) in [5.74, 6) is 0.541. The number of hydrogen-bond acceptors (Lipinski definition) is 4. The van der Waals surface area contributed by atoms with Crippen LogP contribution in [-0.4, -0.2) is 16.8 Å². The molecule has 0 saturated carbocycles. The molecular formula is C12H19F3N2S2. The molecule has 0 bridgehead atoms. The third kappa shape index (κ3) is 5.71. The van der Waals surface area contributed by atoms with Gasteiger partial charge >= 0.3 is 6.18 Å². The Kier molecular flexibility index (Phi) is 6.62. The Hall–Kier alpha value is -0.270. The van der Waals surface area contributed by atoms with E-state index in [4.69, 9.17) is 0 Å². The van der Waals surface area contributed by atoms with Crippen molar-refractivity contribution in [2.24, 2.45) is 0 Å². The van der Waals surface area contributed by atoms with Gasteiger partial charge in [0.1, 0.15) is 5.01 Å². The monoisotopic (exact) mass is 312 g/mol. The van der Waals surface area contributed by atoms with E-state index in [1.54, 1.807) is 11.8 Å². The minimum atomic E-state index is -4.36. The number of alkyl halides is 3. The summed E-state index contributed by atoms with van der Waals surface area (Å²) in [5, 5.41) is 3.95. The predicted octanol–water partition coefficient (Wildman–Crippen LogP) is 4.30. The van der Waals surface area contributed by atoms with Gasteiger partial charge in [-0.05, 0) is 18.2 Å². The SMILES string of the molecule is CCCNCc1sc(CSC(C)C)nc1C(F)(F)F. The Morgan fingerprint density at radius 2 is 2.05 bits per heavy atom. The van der Waals surface area contributed by atoms with Gasteiger partial charge in [0, 0.05) is 12.3 Å². The van der Waals surface area contributed by atoms with Crippen LogP contribution in [0.25, 0.3) is 0 Å². The van der Waals surface area contributed by atoms with Crippen molar-refractivity contribution < 1.29 is 13.2 Å². The summed E-state index contributed by atoms with van der Waals surface area (Å²) in [5.41, 5.74) is -0.722. The summed E-state index contributed by atoms with van der Waals surface area (Å²) in [4.78, 5) is 4.06. The fourth-order valence-electron chi connectivity index (χ4n) is 1.42. The van der Waals surface area contributed by atoms with Gasteiger partial charge in [-0.25, -0.2) is 4.98 Å². The Morgan fingerprint density at radius 3 is 2.58 bits per heavy atom. The van der Waals surface area contributed by atoms with Crippen molar-refractivity contribution in [3.05, 3.63) is 15.6 Å². The van der Waals surface area contributed by atoms with Gasteiger partial charge in [0.05, 0.1) is 4.88 Å². The molecule has 0 aliphatic carbocycles. The van der Waals surface area contributed by atoms with Crippen LogP contribution in [0.5, 0.6) is 0 Å². The largest absolute Gasteiger partial charge is 0.434 e. The van der Waals surface area contributed by atoms with E-state index in [0.717, 1.165) is 17.8 Å². The van der Waals surface area contributed by atoms with Crippen molar-refractivity contribution in [1.29, 1.82) is 0 Å². The lowest BCUT2D eigenvalue weighted by Crippen LogP contribution is -2.17. The van der Waals surface area contributed by atoms with Gasteiger partial charge in [-0.1, -0.05) is 20.8 Å². The van der Waals surface area contributed by atoms with Crippen molar-refractivity contribution in [3.63, 3.8) is 0 Å². The summed E-state index contributed by atoms with van der Waals surface area (Å²) in [6, 6.07) is 0. The van der Waals surface area contributed by atoms with E-state index >= 15 is 0 Å². The van der Waals surface area contributed by atoms with Crippen molar-refractivity contribution in [1.82, 2.24) is 10.3 Å². The average Bonchev–Trinajstić information content (AvgIpc) is 2.70. The van der Waals surface area contributed by atoms with E-state index in [2.05, 4.69) is 10.3 Å². The van der Waals surface area contributed by atoms with Crippen LogP contribution in [0.2, 0.25) is 0 Å². The lowest BCUT2D eigenvalue weighted by Gasteiger charge is -2.06. The van der Waals surface area contributed by atoms with Crippen LogP contribution in [0.15, 0.2) is 0 Å². The molecule has 0 amide bonds. The lowest BCUT2D eigenvalue weighted by molar-refractivity contribution is -0.141. The van der Waals surface area contributed by atoms with E-state index in [1.165, 1.54) is 0 Å². The molecule has 0 unspecified atom stereocenters. The molecule has 1 N–H and O–H groups in total. The Balaban J connectivity index is 2.80. The molecule has 1 rings (SSSR count). The number of halogens is 3. The maximum Gasteiger partial charge on any atom is 0.434 e. The molecule has 0 fully saturated rings. The normalized spacial score (nSPS) is 12.4. The number of thioether (sulfide) groups is 1. The van der Waals surface area contributed by atoms with Gasteiger partial charge < -0.3 is 5.32 Å². The van der Waals surface area contributed by atoms with Crippen LogP contribution in [0.3, 0.4) is 0 Å². The predicted molar refractivity (Wildman–Crippen MR) is 75.5 cm³/mol. The molecule has 0 atom stereocenters. The summed E-state index contributed by atoms with van der Waals surface area (Å²) in [7, 11) is 0. The zero-order valence-corrected chi connectivity index (χ0v) is 12.9. The summed E-state index contributed by atoms with van der Waals surface area (Å²) < 4.78 is 38.6. The first-order valence-corrected chi connectivity index (χ1v) is 8.09. The maximum absolute atomic E-state index is 12.9. The third-order valence-electron chi connectivity index (χ3n) is 2.26. The number of thiazole rings is 1. The number of nitrogens with one attached hydrogen (secondary N) is 1. The molecule has 1 aromatic rings.